The summed E-state index contributed by atoms with van der Waals surface area (Å²) < 4.78 is 27.8. The van der Waals surface area contributed by atoms with E-state index in [4.69, 9.17) is 9.56 Å². The predicted octanol–water partition coefficient (Wildman–Crippen LogP) is 1.95. The van der Waals surface area contributed by atoms with Crippen molar-refractivity contribution >= 4 is 31.9 Å². The number of nitrogens with two attached hydrogens (primary N) is 1. The van der Waals surface area contributed by atoms with Crippen LogP contribution in [0.1, 0.15) is 36.7 Å². The van der Waals surface area contributed by atoms with Gasteiger partial charge in [0, 0.05) is 19.2 Å². The Morgan fingerprint density at radius 1 is 1.45 bits per heavy atom. The van der Waals surface area contributed by atoms with Gasteiger partial charge in [0.1, 0.15) is 4.90 Å². The van der Waals surface area contributed by atoms with E-state index in [1.807, 2.05) is 0 Å². The highest BCUT2D eigenvalue weighted by molar-refractivity contribution is 9.10. The van der Waals surface area contributed by atoms with Gasteiger partial charge in [-0.05, 0) is 41.1 Å². The van der Waals surface area contributed by atoms with Crippen LogP contribution in [0.25, 0.3) is 0 Å². The van der Waals surface area contributed by atoms with Crippen LogP contribution in [0.2, 0.25) is 0 Å². The van der Waals surface area contributed by atoms with Crippen molar-refractivity contribution in [1.29, 1.82) is 0 Å². The molecule has 1 aromatic rings. The normalized spacial score (nSPS) is 20.8. The van der Waals surface area contributed by atoms with Crippen molar-refractivity contribution in [3.8, 4) is 0 Å². The summed E-state index contributed by atoms with van der Waals surface area (Å²) in [5, 5.41) is 5.05. The summed E-state index contributed by atoms with van der Waals surface area (Å²) in [6, 6.07) is 1.18. The first kappa shape index (κ1) is 15.5. The largest absolute Gasteiger partial charge is 0.443 e. The van der Waals surface area contributed by atoms with E-state index in [0.29, 0.717) is 19.0 Å². The molecule has 8 heteroatoms. The van der Waals surface area contributed by atoms with Gasteiger partial charge < -0.3 is 9.32 Å². The van der Waals surface area contributed by atoms with Crippen molar-refractivity contribution in [1.82, 2.24) is 4.90 Å². The number of halogens is 1. The molecule has 2 rings (SSSR count). The Morgan fingerprint density at radius 2 is 2.15 bits per heavy atom. The molecule has 0 spiro atoms. The maximum Gasteiger partial charge on any atom is 0.289 e. The zero-order valence-corrected chi connectivity index (χ0v) is 13.5. The van der Waals surface area contributed by atoms with Gasteiger partial charge in [0.05, 0.1) is 0 Å². The van der Waals surface area contributed by atoms with Crippen molar-refractivity contribution in [3.05, 3.63) is 16.5 Å². The number of primary sulfonamides is 1. The van der Waals surface area contributed by atoms with E-state index in [-0.39, 0.29) is 21.2 Å². The third-order valence-electron chi connectivity index (χ3n) is 3.48. The lowest BCUT2D eigenvalue weighted by Gasteiger charge is -2.18. The van der Waals surface area contributed by atoms with Crippen LogP contribution >= 0.6 is 15.9 Å². The van der Waals surface area contributed by atoms with Crippen LogP contribution in [0.3, 0.4) is 0 Å². The Morgan fingerprint density at radius 3 is 2.75 bits per heavy atom. The third-order valence-corrected chi connectivity index (χ3v) is 5.24. The molecule has 1 unspecified atom stereocenters. The summed E-state index contributed by atoms with van der Waals surface area (Å²) in [7, 11) is -3.90. The van der Waals surface area contributed by atoms with Crippen molar-refractivity contribution in [2.45, 2.75) is 31.1 Å². The minimum Gasteiger partial charge on any atom is -0.443 e. The second-order valence-corrected chi connectivity index (χ2v) is 7.37. The molecule has 6 nitrogen and oxygen atoms in total. The molecular formula is C12H17BrN2O4S. The van der Waals surface area contributed by atoms with Gasteiger partial charge in [0.25, 0.3) is 5.91 Å². The Labute approximate surface area is 126 Å². The number of amides is 1. The standard InChI is InChI=1S/C12H17BrN2O4S/c1-8-3-2-5-15(6-4-8)12(16)9-7-10(11(13)19-9)20(14,17)18/h7-8H,2-6H2,1H3,(H2,14,17,18). The van der Waals surface area contributed by atoms with Gasteiger partial charge in [0.15, 0.2) is 10.4 Å². The molecule has 112 valence electrons. The van der Waals surface area contributed by atoms with E-state index in [9.17, 15) is 13.2 Å². The molecule has 1 saturated heterocycles. The molecule has 1 aliphatic heterocycles. The second kappa shape index (κ2) is 5.87. The summed E-state index contributed by atoms with van der Waals surface area (Å²) in [4.78, 5) is 13.8. The number of rotatable bonds is 2. The first-order valence-electron chi connectivity index (χ1n) is 6.40. The maximum atomic E-state index is 12.3. The first-order valence-corrected chi connectivity index (χ1v) is 8.74. The smallest absolute Gasteiger partial charge is 0.289 e. The average Bonchev–Trinajstić information content (AvgIpc) is 2.61. The highest BCUT2D eigenvalue weighted by Crippen LogP contribution is 2.27. The van der Waals surface area contributed by atoms with Crippen LogP contribution in [0.15, 0.2) is 20.0 Å². The number of nitrogens with zero attached hydrogens (tertiary/aromatic N) is 1. The van der Waals surface area contributed by atoms with E-state index in [2.05, 4.69) is 22.9 Å². The van der Waals surface area contributed by atoms with E-state index in [1.165, 1.54) is 6.07 Å². The number of sulfonamides is 1. The number of likely N-dealkylation sites (tertiary alicyclic amines) is 1. The third kappa shape index (κ3) is 3.42. The van der Waals surface area contributed by atoms with Gasteiger partial charge >= 0.3 is 0 Å². The SMILES string of the molecule is CC1CCCN(C(=O)c2cc(S(N)(=O)=O)c(Br)o2)CC1. The summed E-state index contributed by atoms with van der Waals surface area (Å²) in [5.74, 6) is 0.293. The topological polar surface area (TPSA) is 93.6 Å². The lowest BCUT2D eigenvalue weighted by molar-refractivity contribution is 0.0727. The van der Waals surface area contributed by atoms with Crippen LogP contribution in [0.5, 0.6) is 0 Å². The number of carbonyl (C=O) groups is 1. The van der Waals surface area contributed by atoms with Crippen LogP contribution in [-0.4, -0.2) is 32.3 Å². The monoisotopic (exact) mass is 364 g/mol. The van der Waals surface area contributed by atoms with Gasteiger partial charge in [0.2, 0.25) is 10.0 Å². The van der Waals surface area contributed by atoms with Gasteiger partial charge in [-0.2, -0.15) is 0 Å². The van der Waals surface area contributed by atoms with E-state index >= 15 is 0 Å². The minimum atomic E-state index is -3.90. The number of furan rings is 1. The molecule has 1 aliphatic rings. The fraction of sp³-hybridized carbons (Fsp3) is 0.583. The molecule has 2 N–H and O–H groups in total. The first-order chi connectivity index (χ1) is 9.29. The second-order valence-electron chi connectivity index (χ2n) is 5.12. The van der Waals surface area contributed by atoms with Crippen LogP contribution in [0, 0.1) is 5.92 Å². The lowest BCUT2D eigenvalue weighted by atomic mass is 10.0. The number of hydrogen-bond donors (Lipinski definition) is 1. The Hall–Kier alpha value is -0.860. The molecule has 1 atom stereocenters. The summed E-state index contributed by atoms with van der Waals surface area (Å²) in [5.41, 5.74) is 0. The van der Waals surface area contributed by atoms with Crippen LogP contribution < -0.4 is 5.14 Å². The van der Waals surface area contributed by atoms with Crippen molar-refractivity contribution in [3.63, 3.8) is 0 Å². The Balaban J connectivity index is 2.21. The molecule has 2 heterocycles. The van der Waals surface area contributed by atoms with Gasteiger partial charge in [-0.3, -0.25) is 4.79 Å². The predicted molar refractivity (Wildman–Crippen MR) is 76.7 cm³/mol. The van der Waals surface area contributed by atoms with E-state index < -0.39 is 10.0 Å². The Bertz CT molecular complexity index is 611. The van der Waals surface area contributed by atoms with E-state index in [1.54, 1.807) is 4.90 Å². The number of hydrogen-bond acceptors (Lipinski definition) is 4. The minimum absolute atomic E-state index is 0.00421. The number of carbonyl (C=O) groups excluding carboxylic acids is 1. The van der Waals surface area contributed by atoms with Gasteiger partial charge in [-0.1, -0.05) is 6.92 Å². The highest BCUT2D eigenvalue weighted by Gasteiger charge is 2.26. The molecule has 0 bridgehead atoms. The maximum absolute atomic E-state index is 12.3. The fourth-order valence-electron chi connectivity index (χ4n) is 2.27. The van der Waals surface area contributed by atoms with Crippen LogP contribution in [0.4, 0.5) is 0 Å². The zero-order valence-electron chi connectivity index (χ0n) is 11.1. The molecule has 0 aromatic carbocycles. The molecule has 20 heavy (non-hydrogen) atoms. The summed E-state index contributed by atoms with van der Waals surface area (Å²) in [6.45, 7) is 3.48. The molecule has 1 fully saturated rings. The summed E-state index contributed by atoms with van der Waals surface area (Å²) in [6.07, 6.45) is 2.97. The van der Waals surface area contributed by atoms with Gasteiger partial charge in [-0.25, -0.2) is 13.6 Å². The fourth-order valence-corrected chi connectivity index (χ4v) is 3.78. The molecule has 1 aromatic heterocycles. The lowest BCUT2D eigenvalue weighted by Crippen LogP contribution is -2.31. The van der Waals surface area contributed by atoms with Crippen molar-refractivity contribution < 1.29 is 17.6 Å². The molecule has 0 radical (unpaired) electrons. The summed E-state index contributed by atoms with van der Waals surface area (Å²) >= 11 is 2.97. The van der Waals surface area contributed by atoms with E-state index in [0.717, 1.165) is 19.3 Å². The van der Waals surface area contributed by atoms with Crippen molar-refractivity contribution in [2.75, 3.05) is 13.1 Å². The molecule has 0 aliphatic carbocycles. The average molecular weight is 365 g/mol. The van der Waals surface area contributed by atoms with Gasteiger partial charge in [-0.15, -0.1) is 0 Å². The quantitative estimate of drug-likeness (QED) is 0.867. The molecular weight excluding hydrogens is 348 g/mol. The van der Waals surface area contributed by atoms with Crippen molar-refractivity contribution in [2.24, 2.45) is 11.1 Å². The molecule has 0 saturated carbocycles. The Kier molecular flexibility index (Phi) is 4.55. The van der Waals surface area contributed by atoms with Crippen LogP contribution in [-0.2, 0) is 10.0 Å². The highest BCUT2D eigenvalue weighted by atomic mass is 79.9. The zero-order chi connectivity index (χ0) is 14.9. The molecule has 1 amide bonds.